The van der Waals surface area contributed by atoms with Crippen LogP contribution in [0.4, 0.5) is 0 Å². The second-order valence-electron chi connectivity index (χ2n) is 5.05. The zero-order chi connectivity index (χ0) is 18.1. The summed E-state index contributed by atoms with van der Waals surface area (Å²) in [6.45, 7) is 25.4. The predicted octanol–water partition coefficient (Wildman–Crippen LogP) is 4.95. The quantitative estimate of drug-likeness (QED) is 0.680. The maximum Gasteiger partial charge on any atom is 0.0642 e. The van der Waals surface area contributed by atoms with Crippen LogP contribution in [0.15, 0.2) is 23.9 Å². The summed E-state index contributed by atoms with van der Waals surface area (Å²) in [5.41, 5.74) is 2.81. The zero-order valence-electron chi connectivity index (χ0n) is 17.0. The summed E-state index contributed by atoms with van der Waals surface area (Å²) in [4.78, 5) is 5.00. The largest absolute Gasteiger partial charge is 0.378 e. The molecule has 0 spiro atoms. The Kier molecular flexibility index (Phi) is 18.7. The maximum absolute atomic E-state index is 5.39. The van der Waals surface area contributed by atoms with E-state index in [-0.39, 0.29) is 0 Å². The summed E-state index contributed by atoms with van der Waals surface area (Å²) in [7, 11) is 0. The molecule has 0 aromatic carbocycles. The van der Waals surface area contributed by atoms with Crippen molar-refractivity contribution >= 4 is 0 Å². The molecule has 2 heterocycles. The van der Waals surface area contributed by atoms with E-state index in [4.69, 9.17) is 4.74 Å². The summed E-state index contributed by atoms with van der Waals surface area (Å²) in [5.74, 6) is 0. The third kappa shape index (κ3) is 11.4. The summed E-state index contributed by atoms with van der Waals surface area (Å²) in [6, 6.07) is 0. The topological polar surface area (TPSA) is 15.7 Å². The Morgan fingerprint density at radius 2 is 1.61 bits per heavy atom. The molecular formula is C20H42N2O. The molecule has 0 saturated carbocycles. The van der Waals surface area contributed by atoms with Crippen molar-refractivity contribution in [2.75, 3.05) is 45.9 Å². The van der Waals surface area contributed by atoms with E-state index in [1.54, 1.807) is 0 Å². The van der Waals surface area contributed by atoms with Gasteiger partial charge in [0, 0.05) is 38.4 Å². The third-order valence-electron chi connectivity index (χ3n) is 3.54. The molecule has 23 heavy (non-hydrogen) atoms. The molecule has 0 aromatic heterocycles. The molecule has 0 unspecified atom stereocenters. The number of hydrogen-bond acceptors (Lipinski definition) is 3. The summed E-state index contributed by atoms with van der Waals surface area (Å²) in [6.07, 6.45) is 4.71. The molecule has 0 aromatic rings. The van der Waals surface area contributed by atoms with Crippen molar-refractivity contribution in [1.82, 2.24) is 9.80 Å². The minimum atomic E-state index is 0.886. The van der Waals surface area contributed by atoms with Gasteiger partial charge in [0.2, 0.25) is 0 Å². The average molecular weight is 327 g/mol. The van der Waals surface area contributed by atoms with E-state index >= 15 is 0 Å². The summed E-state index contributed by atoms with van der Waals surface area (Å²) < 4.78 is 5.39. The molecule has 1 fully saturated rings. The van der Waals surface area contributed by atoms with E-state index in [2.05, 4.69) is 29.4 Å². The first-order valence-corrected chi connectivity index (χ1v) is 9.64. The van der Waals surface area contributed by atoms with Crippen molar-refractivity contribution in [3.8, 4) is 0 Å². The van der Waals surface area contributed by atoms with E-state index in [1.165, 1.54) is 24.2 Å². The fourth-order valence-corrected chi connectivity index (χ4v) is 2.39. The lowest BCUT2D eigenvalue weighted by Gasteiger charge is -2.35. The molecule has 2 aliphatic heterocycles. The van der Waals surface area contributed by atoms with Crippen LogP contribution >= 0.6 is 0 Å². The van der Waals surface area contributed by atoms with Crippen LogP contribution in [0.3, 0.4) is 0 Å². The summed E-state index contributed by atoms with van der Waals surface area (Å²) >= 11 is 0. The Balaban J connectivity index is 0. The second kappa shape index (κ2) is 17.6. The Hall–Kier alpha value is -0.800. The Morgan fingerprint density at radius 1 is 1.04 bits per heavy atom. The van der Waals surface area contributed by atoms with E-state index in [0.29, 0.717) is 0 Å². The molecule has 138 valence electrons. The first-order chi connectivity index (χ1) is 11.3. The van der Waals surface area contributed by atoms with Gasteiger partial charge < -0.3 is 9.64 Å². The lowest BCUT2D eigenvalue weighted by Crippen LogP contribution is -2.39. The molecule has 2 rings (SSSR count). The van der Waals surface area contributed by atoms with E-state index in [1.807, 2.05) is 41.5 Å². The zero-order valence-corrected chi connectivity index (χ0v) is 17.0. The van der Waals surface area contributed by atoms with Gasteiger partial charge in [-0.1, -0.05) is 53.2 Å². The van der Waals surface area contributed by atoms with Crippen LogP contribution in [-0.2, 0) is 4.74 Å². The molecule has 0 aliphatic carbocycles. The molecule has 3 nitrogen and oxygen atoms in total. The highest BCUT2D eigenvalue weighted by atomic mass is 16.5. The predicted molar refractivity (Wildman–Crippen MR) is 105 cm³/mol. The lowest BCUT2D eigenvalue weighted by atomic mass is 10.1. The molecule has 0 bridgehead atoms. The summed E-state index contributed by atoms with van der Waals surface area (Å²) in [5, 5.41) is 0. The van der Waals surface area contributed by atoms with Crippen LogP contribution in [0.5, 0.6) is 0 Å². The van der Waals surface area contributed by atoms with Gasteiger partial charge >= 0.3 is 0 Å². The average Bonchev–Trinajstić information content (AvgIpc) is 2.66. The number of morpholine rings is 1. The highest BCUT2D eigenvalue weighted by Crippen LogP contribution is 2.17. The van der Waals surface area contributed by atoms with Crippen molar-refractivity contribution < 1.29 is 4.74 Å². The Bertz CT molecular complexity index is 294. The normalized spacial score (nSPS) is 17.3. The van der Waals surface area contributed by atoms with Gasteiger partial charge in [0.05, 0.1) is 13.2 Å². The van der Waals surface area contributed by atoms with Gasteiger partial charge in [-0.3, -0.25) is 4.90 Å². The molecule has 0 atom stereocenters. The van der Waals surface area contributed by atoms with Crippen LogP contribution in [0, 0.1) is 0 Å². The Labute approximate surface area is 146 Å². The van der Waals surface area contributed by atoms with Crippen LogP contribution in [0.25, 0.3) is 0 Å². The van der Waals surface area contributed by atoms with E-state index in [0.717, 1.165) is 45.8 Å². The highest BCUT2D eigenvalue weighted by molar-refractivity contribution is 5.07. The monoisotopic (exact) mass is 326 g/mol. The van der Waals surface area contributed by atoms with Gasteiger partial charge in [-0.05, 0) is 19.8 Å². The molecule has 1 saturated heterocycles. The standard InChI is InChI=1S/C14H24N2O.3C2H6/c1-13(2)3-6-15-7-4-14(5-8-15)16-9-11-17-12-10-16;3*1-2/h4H,1,3,5-12H2,2H3;3*1-2H3. The van der Waals surface area contributed by atoms with Gasteiger partial charge in [0.1, 0.15) is 0 Å². The first kappa shape index (κ1) is 24.5. The first-order valence-electron chi connectivity index (χ1n) is 9.64. The molecule has 0 amide bonds. The van der Waals surface area contributed by atoms with Crippen LogP contribution < -0.4 is 0 Å². The molecule has 2 aliphatic rings. The molecular weight excluding hydrogens is 284 g/mol. The van der Waals surface area contributed by atoms with Gasteiger partial charge in [-0.25, -0.2) is 0 Å². The minimum Gasteiger partial charge on any atom is -0.378 e. The van der Waals surface area contributed by atoms with Crippen molar-refractivity contribution in [3.63, 3.8) is 0 Å². The maximum atomic E-state index is 5.39. The third-order valence-corrected chi connectivity index (χ3v) is 3.54. The number of ether oxygens (including phenoxy) is 1. The molecule has 0 radical (unpaired) electrons. The van der Waals surface area contributed by atoms with Gasteiger partial charge in [-0.2, -0.15) is 0 Å². The fourth-order valence-electron chi connectivity index (χ4n) is 2.39. The number of hydrogen-bond donors (Lipinski definition) is 0. The lowest BCUT2D eigenvalue weighted by molar-refractivity contribution is 0.0499. The second-order valence-corrected chi connectivity index (χ2v) is 5.05. The Morgan fingerprint density at radius 3 is 2.04 bits per heavy atom. The van der Waals surface area contributed by atoms with E-state index < -0.39 is 0 Å². The minimum absolute atomic E-state index is 0.886. The van der Waals surface area contributed by atoms with E-state index in [9.17, 15) is 0 Å². The van der Waals surface area contributed by atoms with Gasteiger partial charge in [0.25, 0.3) is 0 Å². The van der Waals surface area contributed by atoms with Crippen molar-refractivity contribution in [2.45, 2.75) is 61.3 Å². The van der Waals surface area contributed by atoms with Crippen LogP contribution in [-0.4, -0.2) is 55.7 Å². The van der Waals surface area contributed by atoms with Crippen LogP contribution in [0.2, 0.25) is 0 Å². The van der Waals surface area contributed by atoms with Crippen molar-refractivity contribution in [1.29, 1.82) is 0 Å². The SMILES string of the molecule is C=C(C)CCN1CC=C(N2CCOCC2)CC1.CC.CC.CC. The highest BCUT2D eigenvalue weighted by Gasteiger charge is 2.17. The van der Waals surface area contributed by atoms with Crippen molar-refractivity contribution in [2.24, 2.45) is 0 Å². The van der Waals surface area contributed by atoms with Crippen LogP contribution in [0.1, 0.15) is 61.3 Å². The fraction of sp³-hybridized carbons (Fsp3) is 0.800. The van der Waals surface area contributed by atoms with Gasteiger partial charge in [-0.15, -0.1) is 6.58 Å². The molecule has 0 N–H and O–H groups in total. The van der Waals surface area contributed by atoms with Gasteiger partial charge in [0.15, 0.2) is 0 Å². The number of nitrogens with zero attached hydrogens (tertiary/aromatic N) is 2. The van der Waals surface area contributed by atoms with Crippen molar-refractivity contribution in [3.05, 3.63) is 23.9 Å². The molecule has 3 heteroatoms. The number of rotatable bonds is 4. The smallest absolute Gasteiger partial charge is 0.0642 e.